The zero-order valence-electron chi connectivity index (χ0n) is 31.2. The molecule has 55 heavy (non-hydrogen) atoms. The zero-order chi connectivity index (χ0) is 38.1. The number of alkyl halides is 3. The van der Waals surface area contributed by atoms with Crippen LogP contribution in [0.15, 0.2) is 37.1 Å². The average molecular weight is 754 g/mol. The number of carbonyl (C=O) groups excluding carboxylic acids is 1. The van der Waals surface area contributed by atoms with Gasteiger partial charge in [-0.3, -0.25) is 9.89 Å². The number of benzene rings is 2. The molecule has 4 aliphatic heterocycles. The number of ether oxygens (including phenoxy) is 1. The van der Waals surface area contributed by atoms with Gasteiger partial charge in [0.2, 0.25) is 11.9 Å². The molecule has 14 heteroatoms. The van der Waals surface area contributed by atoms with Crippen molar-refractivity contribution in [2.45, 2.75) is 64.0 Å². The Morgan fingerprint density at radius 2 is 1.73 bits per heavy atom. The summed E-state index contributed by atoms with van der Waals surface area (Å²) in [5, 5.41) is 17.9. The first-order valence-corrected chi connectivity index (χ1v) is 19.5. The second-order valence-electron chi connectivity index (χ2n) is 16.7. The summed E-state index contributed by atoms with van der Waals surface area (Å²) in [5.41, 5.74) is 4.68. The molecular formula is C41H46F3N9O2. The number of aromatic amines is 1. The number of hydrogen-bond donors (Lipinski definition) is 1. The maximum Gasteiger partial charge on any atom is 0.422 e. The number of amides is 1. The fraction of sp³-hybridized carbons (Fsp3) is 0.537. The van der Waals surface area contributed by atoms with Gasteiger partial charge in [-0.15, -0.1) is 0 Å². The Morgan fingerprint density at radius 1 is 1.02 bits per heavy atom. The molecule has 6 heterocycles. The highest BCUT2D eigenvalue weighted by molar-refractivity contribution is 6.06. The van der Waals surface area contributed by atoms with Gasteiger partial charge in [-0.05, 0) is 99.4 Å². The molecule has 0 bridgehead atoms. The summed E-state index contributed by atoms with van der Waals surface area (Å²) >= 11 is 0. The zero-order valence-corrected chi connectivity index (χ0v) is 31.2. The van der Waals surface area contributed by atoms with E-state index in [-0.39, 0.29) is 28.4 Å². The second-order valence-corrected chi connectivity index (χ2v) is 16.7. The van der Waals surface area contributed by atoms with Crippen molar-refractivity contribution in [3.05, 3.63) is 48.2 Å². The number of likely N-dealkylation sites (tertiary alicyclic amines) is 2. The summed E-state index contributed by atoms with van der Waals surface area (Å²) in [4.78, 5) is 31.4. The van der Waals surface area contributed by atoms with Crippen LogP contribution < -0.4 is 14.5 Å². The Hall–Kier alpha value is -4.90. The van der Waals surface area contributed by atoms with Gasteiger partial charge in [-0.2, -0.15) is 28.5 Å². The Balaban J connectivity index is 1.15. The van der Waals surface area contributed by atoms with E-state index < -0.39 is 12.8 Å². The van der Waals surface area contributed by atoms with E-state index in [1.807, 2.05) is 24.0 Å². The minimum absolute atomic E-state index is 0.0426. The molecule has 1 amide bonds. The highest BCUT2D eigenvalue weighted by Crippen LogP contribution is 2.54. The molecule has 4 aromatic rings. The van der Waals surface area contributed by atoms with Crippen molar-refractivity contribution in [3.63, 3.8) is 0 Å². The molecule has 11 nitrogen and oxygen atoms in total. The summed E-state index contributed by atoms with van der Waals surface area (Å²) in [7, 11) is 0. The molecule has 1 N–H and O–H groups in total. The van der Waals surface area contributed by atoms with E-state index in [0.29, 0.717) is 55.0 Å². The SMILES string of the molecule is C=CC(=O)N1CC2(CCN(c3nc(N4CC5(CCN(CCC#N)CC5)C4)nc4c(OCC(F)(F)F)c(-c5c(C)ccc6[nH]ncc56)c(C5CC5)cc34)CC2)C1. The summed E-state index contributed by atoms with van der Waals surface area (Å²) in [5.74, 6) is 1.50. The number of carbonyl (C=O) groups is 1. The molecule has 0 radical (unpaired) electrons. The van der Waals surface area contributed by atoms with E-state index in [0.717, 1.165) is 105 Å². The van der Waals surface area contributed by atoms with Crippen molar-refractivity contribution in [1.82, 2.24) is 30.0 Å². The fourth-order valence-corrected chi connectivity index (χ4v) is 9.58. The van der Waals surface area contributed by atoms with Gasteiger partial charge in [-0.1, -0.05) is 12.6 Å². The quantitative estimate of drug-likeness (QED) is 0.186. The molecule has 5 aliphatic rings. The number of rotatable bonds is 9. The number of nitriles is 1. The van der Waals surface area contributed by atoms with Gasteiger partial charge in [0.1, 0.15) is 11.3 Å². The third-order valence-electron chi connectivity index (χ3n) is 12.9. The van der Waals surface area contributed by atoms with E-state index >= 15 is 0 Å². The number of anilines is 2. The minimum atomic E-state index is -4.56. The van der Waals surface area contributed by atoms with E-state index in [9.17, 15) is 18.0 Å². The molecule has 2 aromatic heterocycles. The van der Waals surface area contributed by atoms with E-state index in [1.165, 1.54) is 6.08 Å². The van der Waals surface area contributed by atoms with Crippen molar-refractivity contribution in [3.8, 4) is 22.9 Å². The summed E-state index contributed by atoms with van der Waals surface area (Å²) in [6.45, 7) is 11.2. The topological polar surface area (TPSA) is 118 Å². The van der Waals surface area contributed by atoms with Crippen LogP contribution >= 0.6 is 0 Å². The largest absolute Gasteiger partial charge is 0.481 e. The molecule has 2 aromatic carbocycles. The predicted molar refractivity (Wildman–Crippen MR) is 204 cm³/mol. The van der Waals surface area contributed by atoms with Crippen LogP contribution in [0.4, 0.5) is 24.9 Å². The molecule has 5 fully saturated rings. The Labute approximate surface area is 318 Å². The minimum Gasteiger partial charge on any atom is -0.481 e. The van der Waals surface area contributed by atoms with Crippen LogP contribution in [0.3, 0.4) is 0 Å². The molecule has 4 saturated heterocycles. The fourth-order valence-electron chi connectivity index (χ4n) is 9.58. The average Bonchev–Trinajstić information content (AvgIpc) is 3.89. The Bertz CT molecular complexity index is 2190. The van der Waals surface area contributed by atoms with Crippen molar-refractivity contribution in [2.75, 3.05) is 75.3 Å². The van der Waals surface area contributed by atoms with Crippen molar-refractivity contribution in [1.29, 1.82) is 5.26 Å². The van der Waals surface area contributed by atoms with Crippen LogP contribution in [-0.2, 0) is 4.79 Å². The number of nitrogens with zero attached hydrogens (tertiary/aromatic N) is 8. The van der Waals surface area contributed by atoms with Gasteiger partial charge >= 0.3 is 6.18 Å². The molecule has 288 valence electrons. The molecule has 0 atom stereocenters. The summed E-state index contributed by atoms with van der Waals surface area (Å²) in [6.07, 6.45) is 4.69. The van der Waals surface area contributed by atoms with Gasteiger partial charge in [0.15, 0.2) is 12.4 Å². The molecule has 1 aliphatic carbocycles. The van der Waals surface area contributed by atoms with Crippen LogP contribution in [0, 0.1) is 29.1 Å². The smallest absolute Gasteiger partial charge is 0.422 e. The van der Waals surface area contributed by atoms with Gasteiger partial charge < -0.3 is 24.3 Å². The van der Waals surface area contributed by atoms with E-state index in [4.69, 9.17) is 20.0 Å². The maximum absolute atomic E-state index is 14.1. The number of nitrogens with one attached hydrogen (secondary N) is 1. The normalized spacial score (nSPS) is 20.8. The second kappa shape index (κ2) is 13.4. The van der Waals surface area contributed by atoms with Crippen LogP contribution in [-0.4, -0.2) is 108 Å². The molecule has 2 spiro atoms. The lowest BCUT2D eigenvalue weighted by Crippen LogP contribution is -2.62. The van der Waals surface area contributed by atoms with Crippen molar-refractivity contribution >= 4 is 39.5 Å². The van der Waals surface area contributed by atoms with E-state index in [1.54, 1.807) is 6.20 Å². The van der Waals surface area contributed by atoms with Gasteiger partial charge in [0, 0.05) is 79.4 Å². The van der Waals surface area contributed by atoms with Crippen LogP contribution in [0.5, 0.6) is 5.75 Å². The number of hydrogen-bond acceptors (Lipinski definition) is 9. The number of piperidine rings is 2. The lowest BCUT2D eigenvalue weighted by atomic mass is 9.72. The van der Waals surface area contributed by atoms with Gasteiger partial charge in [0.05, 0.1) is 17.8 Å². The maximum atomic E-state index is 14.1. The first-order chi connectivity index (χ1) is 26.5. The number of halogens is 3. The van der Waals surface area contributed by atoms with E-state index in [2.05, 4.69) is 43.6 Å². The highest BCUT2D eigenvalue weighted by Gasteiger charge is 2.48. The molecule has 0 unspecified atom stereocenters. The molecule has 9 rings (SSSR count). The first-order valence-electron chi connectivity index (χ1n) is 19.5. The van der Waals surface area contributed by atoms with Gasteiger partial charge in [-0.25, -0.2) is 4.98 Å². The van der Waals surface area contributed by atoms with Crippen LogP contribution in [0.1, 0.15) is 62.0 Å². The van der Waals surface area contributed by atoms with Gasteiger partial charge in [0.25, 0.3) is 0 Å². The standard InChI is InChI=1S/C41H46F3N9O2/c1-3-32(54)52-21-40(22-52)11-17-51(18-12-40)37-29-19-28(27-6-7-27)34(33-26(2)5-8-31-30(33)20-46-49-31)36(55-25-41(42,43)44)35(29)47-38(48-37)53-23-39(24-53)9-15-50(16-10-39)14-4-13-45/h3,5,8,19-20,27H,1,4,6-7,9-12,14-18,21-25H2,2H3,(H,46,49). The monoisotopic (exact) mass is 753 g/mol. The van der Waals surface area contributed by atoms with Crippen LogP contribution in [0.2, 0.25) is 0 Å². The van der Waals surface area contributed by atoms with Crippen molar-refractivity contribution in [2.24, 2.45) is 10.8 Å². The first kappa shape index (κ1) is 35.8. The number of H-pyrrole nitrogens is 1. The Kier molecular flexibility index (Phi) is 8.71. The Morgan fingerprint density at radius 3 is 2.40 bits per heavy atom. The molecular weight excluding hydrogens is 708 g/mol. The third-order valence-corrected chi connectivity index (χ3v) is 12.9. The number of fused-ring (bicyclic) bond motifs is 2. The van der Waals surface area contributed by atoms with Crippen LogP contribution in [0.25, 0.3) is 32.9 Å². The number of aryl methyl sites for hydroxylation is 1. The summed E-state index contributed by atoms with van der Waals surface area (Å²) in [6, 6.07) is 8.30. The summed E-state index contributed by atoms with van der Waals surface area (Å²) < 4.78 is 48.4. The molecule has 1 saturated carbocycles. The predicted octanol–water partition coefficient (Wildman–Crippen LogP) is 6.73. The third kappa shape index (κ3) is 6.54. The number of aromatic nitrogens is 4. The van der Waals surface area contributed by atoms with Crippen molar-refractivity contribution < 1.29 is 22.7 Å². The lowest BCUT2D eigenvalue weighted by molar-refractivity contribution is -0.153. The lowest BCUT2D eigenvalue weighted by Gasteiger charge is -2.54. The highest BCUT2D eigenvalue weighted by atomic mass is 19.4.